The minimum Gasteiger partial charge on any atom is -0.461 e. The first kappa shape index (κ1) is 34.3. The van der Waals surface area contributed by atoms with E-state index >= 15 is 0 Å². The molecule has 234 valence electrons. The van der Waals surface area contributed by atoms with Gasteiger partial charge < -0.3 is 19.3 Å². The van der Waals surface area contributed by atoms with Crippen molar-refractivity contribution in [1.29, 1.82) is 0 Å². The van der Waals surface area contributed by atoms with Crippen molar-refractivity contribution in [2.45, 2.75) is 83.5 Å². The van der Waals surface area contributed by atoms with Crippen molar-refractivity contribution in [1.82, 2.24) is 0 Å². The summed E-state index contributed by atoms with van der Waals surface area (Å²) in [4.78, 5) is 24.5. The predicted molar refractivity (Wildman–Crippen MR) is 172 cm³/mol. The van der Waals surface area contributed by atoms with Gasteiger partial charge in [0, 0.05) is 7.11 Å². The van der Waals surface area contributed by atoms with E-state index in [2.05, 4.69) is 57.3 Å². The third kappa shape index (κ3) is 10.2. The molecule has 2 aromatic carbocycles. The zero-order chi connectivity index (χ0) is 31.2. The molecule has 0 spiro atoms. The maximum atomic E-state index is 12.3. The second-order valence-corrected chi connectivity index (χ2v) is 11.8. The molecule has 1 N–H and O–H groups in total. The standard InChI is InChI=1S/C37H50O6/c1-6-8-9-10-28-11-13-30(14-12-28)33-19-20-35(29(7-2)21-33)32-17-15-31(16-18-32)34(24-42-36(39)26(3)22-38)25-43-37(40)27(4)23-41-5/h15-21,28,30,34,38H,3-4,6-14,22-25H2,1-2,5H3. The largest absolute Gasteiger partial charge is 0.461 e. The summed E-state index contributed by atoms with van der Waals surface area (Å²) < 4.78 is 15.8. The Morgan fingerprint density at radius 3 is 2.14 bits per heavy atom. The number of esters is 2. The van der Waals surface area contributed by atoms with E-state index in [1.165, 1.54) is 75.2 Å². The van der Waals surface area contributed by atoms with E-state index in [0.717, 1.165) is 23.5 Å². The van der Waals surface area contributed by atoms with Crippen LogP contribution in [-0.2, 0) is 30.2 Å². The van der Waals surface area contributed by atoms with Crippen LogP contribution in [0.3, 0.4) is 0 Å². The summed E-state index contributed by atoms with van der Waals surface area (Å²) in [5.41, 5.74) is 6.17. The van der Waals surface area contributed by atoms with E-state index in [4.69, 9.17) is 14.2 Å². The fourth-order valence-corrected chi connectivity index (χ4v) is 5.94. The molecule has 0 aromatic heterocycles. The number of hydrogen-bond acceptors (Lipinski definition) is 6. The first-order chi connectivity index (χ1) is 20.8. The van der Waals surface area contributed by atoms with E-state index in [0.29, 0.717) is 5.92 Å². The maximum absolute atomic E-state index is 12.3. The van der Waals surface area contributed by atoms with Crippen molar-refractivity contribution in [2.24, 2.45) is 5.92 Å². The van der Waals surface area contributed by atoms with Crippen LogP contribution in [0.15, 0.2) is 66.8 Å². The molecule has 0 saturated heterocycles. The van der Waals surface area contributed by atoms with Crippen molar-refractivity contribution in [3.8, 4) is 11.1 Å². The monoisotopic (exact) mass is 590 g/mol. The molecule has 2 aromatic rings. The molecule has 3 rings (SSSR count). The Morgan fingerprint density at radius 2 is 1.56 bits per heavy atom. The van der Waals surface area contributed by atoms with Crippen molar-refractivity contribution in [3.05, 3.63) is 83.5 Å². The van der Waals surface area contributed by atoms with E-state index in [-0.39, 0.29) is 31.0 Å². The molecular weight excluding hydrogens is 540 g/mol. The number of carbonyl (C=O) groups is 2. The number of aryl methyl sites for hydroxylation is 1. The minimum atomic E-state index is -0.683. The Balaban J connectivity index is 1.72. The van der Waals surface area contributed by atoms with E-state index < -0.39 is 24.5 Å². The number of ether oxygens (including phenoxy) is 3. The molecular formula is C37H50O6. The van der Waals surface area contributed by atoms with Gasteiger partial charge in [0.05, 0.1) is 30.3 Å². The van der Waals surface area contributed by atoms with E-state index in [1.54, 1.807) is 0 Å². The molecule has 1 aliphatic carbocycles. The second kappa shape index (κ2) is 17.8. The SMILES string of the molecule is C=C(CO)C(=O)OCC(COC(=O)C(=C)COC)c1ccc(-c2ccc(C3CCC(CCCCC)CC3)cc2CC)cc1. The molecule has 1 fully saturated rings. The lowest BCUT2D eigenvalue weighted by molar-refractivity contribution is -0.143. The zero-order valence-electron chi connectivity index (χ0n) is 26.4. The van der Waals surface area contributed by atoms with Crippen molar-refractivity contribution in [3.63, 3.8) is 0 Å². The Hall–Kier alpha value is -3.22. The van der Waals surface area contributed by atoms with Crippen molar-refractivity contribution >= 4 is 11.9 Å². The fraction of sp³-hybridized carbons (Fsp3) is 0.514. The van der Waals surface area contributed by atoms with E-state index in [1.807, 2.05) is 12.1 Å². The summed E-state index contributed by atoms with van der Waals surface area (Å²) >= 11 is 0. The summed E-state index contributed by atoms with van der Waals surface area (Å²) in [6, 6.07) is 15.1. The number of rotatable bonds is 17. The van der Waals surface area contributed by atoms with Crippen molar-refractivity contribution in [2.75, 3.05) is 33.5 Å². The lowest BCUT2D eigenvalue weighted by atomic mass is 9.76. The van der Waals surface area contributed by atoms with Gasteiger partial charge >= 0.3 is 11.9 Å². The van der Waals surface area contributed by atoms with Crippen molar-refractivity contribution < 1.29 is 28.9 Å². The van der Waals surface area contributed by atoms with Gasteiger partial charge in [-0.25, -0.2) is 9.59 Å². The van der Waals surface area contributed by atoms with Gasteiger partial charge in [-0.15, -0.1) is 0 Å². The first-order valence-corrected chi connectivity index (χ1v) is 15.8. The maximum Gasteiger partial charge on any atom is 0.335 e. The lowest BCUT2D eigenvalue weighted by Gasteiger charge is -2.29. The van der Waals surface area contributed by atoms with Crippen LogP contribution in [0.25, 0.3) is 11.1 Å². The highest BCUT2D eigenvalue weighted by atomic mass is 16.5. The van der Waals surface area contributed by atoms with Crippen LogP contribution in [-0.4, -0.2) is 50.6 Å². The molecule has 0 bridgehead atoms. The Bertz CT molecular complexity index is 1210. The summed E-state index contributed by atoms with van der Waals surface area (Å²) in [6.07, 6.45) is 11.6. The second-order valence-electron chi connectivity index (χ2n) is 11.8. The zero-order valence-corrected chi connectivity index (χ0v) is 26.4. The van der Waals surface area contributed by atoms with Gasteiger partial charge in [0.1, 0.15) is 13.2 Å². The van der Waals surface area contributed by atoms with E-state index in [9.17, 15) is 14.7 Å². The summed E-state index contributed by atoms with van der Waals surface area (Å²) in [5.74, 6) is -0.102. The Kier molecular flexibility index (Phi) is 14.2. The van der Waals surface area contributed by atoms with Crippen LogP contribution in [0.2, 0.25) is 0 Å². The number of aliphatic hydroxyl groups excluding tert-OH is 1. The molecule has 1 saturated carbocycles. The van der Waals surface area contributed by atoms with Crippen LogP contribution >= 0.6 is 0 Å². The van der Waals surface area contributed by atoms with Gasteiger partial charge in [-0.1, -0.05) is 95.2 Å². The van der Waals surface area contributed by atoms with Crippen LogP contribution in [0.4, 0.5) is 0 Å². The summed E-state index contributed by atoms with van der Waals surface area (Å²) in [6.45, 7) is 11.2. The highest BCUT2D eigenvalue weighted by Crippen LogP contribution is 2.39. The predicted octanol–water partition coefficient (Wildman–Crippen LogP) is 7.69. The van der Waals surface area contributed by atoms with Crippen LogP contribution in [0, 0.1) is 5.92 Å². The molecule has 0 aliphatic heterocycles. The highest BCUT2D eigenvalue weighted by molar-refractivity contribution is 5.88. The molecule has 0 amide bonds. The number of unbranched alkanes of at least 4 members (excludes halogenated alkanes) is 2. The topological polar surface area (TPSA) is 82.1 Å². The van der Waals surface area contributed by atoms with Gasteiger partial charge in [-0.05, 0) is 71.8 Å². The fourth-order valence-electron chi connectivity index (χ4n) is 5.94. The van der Waals surface area contributed by atoms with Crippen LogP contribution in [0.5, 0.6) is 0 Å². The highest BCUT2D eigenvalue weighted by Gasteiger charge is 2.23. The third-order valence-electron chi connectivity index (χ3n) is 8.66. The van der Waals surface area contributed by atoms with Gasteiger partial charge in [-0.3, -0.25) is 0 Å². The average Bonchev–Trinajstić information content (AvgIpc) is 3.04. The van der Waals surface area contributed by atoms with Gasteiger partial charge in [0.15, 0.2) is 0 Å². The summed E-state index contributed by atoms with van der Waals surface area (Å²) in [5, 5.41) is 9.20. The molecule has 1 atom stereocenters. The smallest absolute Gasteiger partial charge is 0.335 e. The molecule has 43 heavy (non-hydrogen) atoms. The molecule has 1 aliphatic rings. The lowest BCUT2D eigenvalue weighted by Crippen LogP contribution is -2.21. The first-order valence-electron chi connectivity index (χ1n) is 15.8. The molecule has 0 heterocycles. The summed E-state index contributed by atoms with van der Waals surface area (Å²) in [7, 11) is 1.48. The number of benzene rings is 2. The third-order valence-corrected chi connectivity index (χ3v) is 8.66. The average molecular weight is 591 g/mol. The minimum absolute atomic E-state index is 0.00441. The molecule has 0 radical (unpaired) electrons. The van der Waals surface area contributed by atoms with Crippen LogP contribution in [0.1, 0.15) is 93.7 Å². The van der Waals surface area contributed by atoms with Crippen LogP contribution < -0.4 is 0 Å². The molecule has 6 nitrogen and oxygen atoms in total. The van der Waals surface area contributed by atoms with Gasteiger partial charge in [0.2, 0.25) is 0 Å². The molecule has 1 unspecified atom stereocenters. The van der Waals surface area contributed by atoms with Gasteiger partial charge in [0.25, 0.3) is 0 Å². The molecule has 6 heteroatoms. The number of carbonyl (C=O) groups excluding carboxylic acids is 2. The quantitative estimate of drug-likeness (QED) is 0.116. The number of hydrogen-bond donors (Lipinski definition) is 1. The Morgan fingerprint density at radius 1 is 0.907 bits per heavy atom. The van der Waals surface area contributed by atoms with Gasteiger partial charge in [-0.2, -0.15) is 0 Å². The number of methoxy groups -OCH3 is 1. The normalized spacial score (nSPS) is 17.2. The number of aliphatic hydroxyl groups is 1. The Labute approximate surface area is 258 Å².